The Morgan fingerprint density at radius 1 is 1.12 bits per heavy atom. The number of aryl methyl sites for hydroxylation is 1. The van der Waals surface area contributed by atoms with Gasteiger partial charge in [0.1, 0.15) is 0 Å². The van der Waals surface area contributed by atoms with Crippen LogP contribution < -0.4 is 0 Å². The van der Waals surface area contributed by atoms with E-state index in [0.29, 0.717) is 17.7 Å². The second-order valence-corrected chi connectivity index (χ2v) is 3.90. The van der Waals surface area contributed by atoms with E-state index in [-0.39, 0.29) is 0 Å². The van der Waals surface area contributed by atoms with Crippen LogP contribution in [0.4, 0.5) is 13.2 Å². The van der Waals surface area contributed by atoms with Gasteiger partial charge in [0.2, 0.25) is 0 Å². The Kier molecular flexibility index (Phi) is 6.24. The van der Waals surface area contributed by atoms with E-state index in [4.69, 9.17) is 0 Å². The molecule has 0 N–H and O–H groups in total. The minimum atomic E-state index is -4.27. The molecule has 98 valence electrons. The molecular weight excluding hydrogens is 227 g/mol. The zero-order chi connectivity index (χ0) is 13.6. The molecule has 0 heterocycles. The number of benzene rings is 1. The summed E-state index contributed by atoms with van der Waals surface area (Å²) in [5.74, 6) is 0. The van der Waals surface area contributed by atoms with Gasteiger partial charge in [0, 0.05) is 6.54 Å². The van der Waals surface area contributed by atoms with Gasteiger partial charge in [0.15, 0.2) is 0 Å². The lowest BCUT2D eigenvalue weighted by atomic mass is 10.0. The zero-order valence-electron chi connectivity index (χ0n) is 11.0. The van der Waals surface area contributed by atoms with Crippen molar-refractivity contribution in [1.29, 1.82) is 0 Å². The maximum absolute atomic E-state index is 12.7. The second kappa shape index (κ2) is 6.64. The molecular formula is C13H20F3N. The molecule has 0 saturated carbocycles. The third kappa shape index (κ3) is 5.22. The van der Waals surface area contributed by atoms with Gasteiger partial charge in [-0.1, -0.05) is 31.5 Å². The highest BCUT2D eigenvalue weighted by Gasteiger charge is 2.33. The van der Waals surface area contributed by atoms with Crippen LogP contribution in [0.15, 0.2) is 18.2 Å². The van der Waals surface area contributed by atoms with E-state index in [1.54, 1.807) is 32.0 Å². The molecule has 0 bridgehead atoms. The molecule has 0 aliphatic heterocycles. The minimum absolute atomic E-state index is 0.301. The van der Waals surface area contributed by atoms with E-state index in [1.165, 1.54) is 12.1 Å². The molecule has 4 heteroatoms. The average Bonchev–Trinajstić information content (AvgIpc) is 2.21. The quantitative estimate of drug-likeness (QED) is 0.760. The molecule has 0 aromatic heterocycles. The molecule has 0 aliphatic carbocycles. The number of alkyl halides is 3. The van der Waals surface area contributed by atoms with Gasteiger partial charge in [-0.2, -0.15) is 13.2 Å². The van der Waals surface area contributed by atoms with Crippen molar-refractivity contribution in [2.24, 2.45) is 0 Å². The van der Waals surface area contributed by atoms with E-state index in [0.717, 1.165) is 0 Å². The summed E-state index contributed by atoms with van der Waals surface area (Å²) in [6.45, 7) is 5.96. The molecule has 1 aromatic rings. The molecule has 0 radical (unpaired) electrons. The van der Waals surface area contributed by atoms with Crippen LogP contribution in [0, 0.1) is 6.92 Å². The van der Waals surface area contributed by atoms with Crippen molar-refractivity contribution in [1.82, 2.24) is 4.90 Å². The van der Waals surface area contributed by atoms with Crippen LogP contribution in [-0.2, 0) is 12.7 Å². The van der Waals surface area contributed by atoms with E-state index >= 15 is 0 Å². The fourth-order valence-electron chi connectivity index (χ4n) is 1.43. The van der Waals surface area contributed by atoms with Gasteiger partial charge in [-0.3, -0.25) is 0 Å². The summed E-state index contributed by atoms with van der Waals surface area (Å²) >= 11 is 0. The second-order valence-electron chi connectivity index (χ2n) is 3.90. The van der Waals surface area contributed by atoms with E-state index in [9.17, 15) is 13.2 Å². The summed E-state index contributed by atoms with van der Waals surface area (Å²) in [6.07, 6.45) is -4.27. The normalized spacial score (nSPS) is 11.1. The van der Waals surface area contributed by atoms with Gasteiger partial charge < -0.3 is 4.90 Å². The van der Waals surface area contributed by atoms with Crippen LogP contribution >= 0.6 is 0 Å². The molecule has 0 amide bonds. The standard InChI is InChI=1S/C11H14F3N.C2H6/c1-8-4-5-9(7-15(2)3)10(6-8)11(12,13)14;1-2/h4-6H,7H2,1-3H3;1-2H3. The zero-order valence-corrected chi connectivity index (χ0v) is 11.0. The Hall–Kier alpha value is -1.03. The Bertz CT molecular complexity index is 343. The van der Waals surface area contributed by atoms with Crippen molar-refractivity contribution in [2.75, 3.05) is 14.1 Å². The SMILES string of the molecule is CC.Cc1ccc(CN(C)C)c(C(F)(F)F)c1. The molecule has 17 heavy (non-hydrogen) atoms. The fourth-order valence-corrected chi connectivity index (χ4v) is 1.43. The summed E-state index contributed by atoms with van der Waals surface area (Å²) in [5.41, 5.74) is 0.416. The smallest absolute Gasteiger partial charge is 0.305 e. The van der Waals surface area contributed by atoms with E-state index < -0.39 is 11.7 Å². The summed E-state index contributed by atoms with van der Waals surface area (Å²) in [7, 11) is 3.50. The van der Waals surface area contributed by atoms with Gasteiger partial charge in [-0.25, -0.2) is 0 Å². The van der Waals surface area contributed by atoms with Crippen molar-refractivity contribution < 1.29 is 13.2 Å². The molecule has 0 atom stereocenters. The van der Waals surface area contributed by atoms with Crippen molar-refractivity contribution in [3.63, 3.8) is 0 Å². The molecule has 0 aliphatic rings. The number of hydrogen-bond donors (Lipinski definition) is 0. The van der Waals surface area contributed by atoms with Gasteiger partial charge in [-0.05, 0) is 32.6 Å². The molecule has 0 fully saturated rings. The van der Waals surface area contributed by atoms with Crippen LogP contribution in [0.1, 0.15) is 30.5 Å². The summed E-state index contributed by atoms with van der Waals surface area (Å²) in [4.78, 5) is 1.72. The summed E-state index contributed by atoms with van der Waals surface area (Å²) in [5, 5.41) is 0. The third-order valence-electron chi connectivity index (χ3n) is 2.06. The van der Waals surface area contributed by atoms with Crippen molar-refractivity contribution in [2.45, 2.75) is 33.5 Å². The van der Waals surface area contributed by atoms with Crippen LogP contribution in [0.5, 0.6) is 0 Å². The van der Waals surface area contributed by atoms with Crippen LogP contribution in [-0.4, -0.2) is 19.0 Å². The third-order valence-corrected chi connectivity index (χ3v) is 2.06. The first-order valence-corrected chi connectivity index (χ1v) is 5.62. The van der Waals surface area contributed by atoms with Crippen LogP contribution in [0.25, 0.3) is 0 Å². The molecule has 1 rings (SSSR count). The molecule has 1 nitrogen and oxygen atoms in total. The maximum Gasteiger partial charge on any atom is 0.416 e. The Labute approximate surface area is 101 Å². The molecule has 0 unspecified atom stereocenters. The predicted molar refractivity (Wildman–Crippen MR) is 64.9 cm³/mol. The average molecular weight is 247 g/mol. The van der Waals surface area contributed by atoms with E-state index in [1.807, 2.05) is 13.8 Å². The summed E-state index contributed by atoms with van der Waals surface area (Å²) < 4.78 is 38.0. The number of halogens is 3. The highest BCUT2D eigenvalue weighted by molar-refractivity contribution is 5.33. The van der Waals surface area contributed by atoms with Crippen LogP contribution in [0.2, 0.25) is 0 Å². The van der Waals surface area contributed by atoms with Crippen molar-refractivity contribution in [3.05, 3.63) is 34.9 Å². The number of rotatable bonds is 2. The highest BCUT2D eigenvalue weighted by atomic mass is 19.4. The molecule has 0 saturated heterocycles. The maximum atomic E-state index is 12.7. The lowest BCUT2D eigenvalue weighted by molar-refractivity contribution is -0.138. The van der Waals surface area contributed by atoms with Crippen molar-refractivity contribution >= 4 is 0 Å². The molecule has 0 spiro atoms. The minimum Gasteiger partial charge on any atom is -0.305 e. The Balaban J connectivity index is 0.00000121. The number of hydrogen-bond acceptors (Lipinski definition) is 1. The monoisotopic (exact) mass is 247 g/mol. The van der Waals surface area contributed by atoms with Gasteiger partial charge in [0.05, 0.1) is 5.56 Å². The highest BCUT2D eigenvalue weighted by Crippen LogP contribution is 2.32. The first kappa shape index (κ1) is 16.0. The van der Waals surface area contributed by atoms with Gasteiger partial charge in [-0.15, -0.1) is 0 Å². The lowest BCUT2D eigenvalue weighted by Gasteiger charge is -2.16. The largest absolute Gasteiger partial charge is 0.416 e. The topological polar surface area (TPSA) is 3.24 Å². The van der Waals surface area contributed by atoms with Crippen LogP contribution in [0.3, 0.4) is 0 Å². The summed E-state index contributed by atoms with van der Waals surface area (Å²) in [6, 6.07) is 4.44. The Morgan fingerprint density at radius 3 is 2.06 bits per heavy atom. The predicted octanol–water partition coefficient (Wildman–Crippen LogP) is 4.10. The first-order valence-electron chi connectivity index (χ1n) is 5.62. The van der Waals surface area contributed by atoms with Gasteiger partial charge in [0.25, 0.3) is 0 Å². The fraction of sp³-hybridized carbons (Fsp3) is 0.538. The number of nitrogens with zero attached hydrogens (tertiary/aromatic N) is 1. The lowest BCUT2D eigenvalue weighted by Crippen LogP contribution is -2.16. The van der Waals surface area contributed by atoms with E-state index in [2.05, 4.69) is 0 Å². The molecule has 1 aromatic carbocycles. The van der Waals surface area contributed by atoms with Crippen molar-refractivity contribution in [3.8, 4) is 0 Å². The first-order chi connectivity index (χ1) is 7.80. The van der Waals surface area contributed by atoms with Gasteiger partial charge >= 0.3 is 6.18 Å². The Morgan fingerprint density at radius 2 is 1.65 bits per heavy atom.